The molecule has 1 aliphatic rings. The summed E-state index contributed by atoms with van der Waals surface area (Å²) in [6, 6.07) is 23.3. The molecule has 0 bridgehead atoms. The highest BCUT2D eigenvalue weighted by molar-refractivity contribution is 5.86. The van der Waals surface area contributed by atoms with Crippen LogP contribution in [0.3, 0.4) is 0 Å². The molecule has 0 saturated carbocycles. The van der Waals surface area contributed by atoms with Gasteiger partial charge in [0.2, 0.25) is 5.91 Å². The number of rotatable bonds is 6. The number of nitrogens with two attached hydrogens (primary N) is 1. The highest BCUT2D eigenvalue weighted by atomic mass is 19.1. The Kier molecular flexibility index (Phi) is 6.32. The number of hydrogen-bond donors (Lipinski definition) is 1. The minimum absolute atomic E-state index is 0.0707. The lowest BCUT2D eigenvalue weighted by atomic mass is 9.90. The van der Waals surface area contributed by atoms with Crippen molar-refractivity contribution in [2.75, 3.05) is 19.7 Å². The van der Waals surface area contributed by atoms with E-state index in [1.165, 1.54) is 12.1 Å². The summed E-state index contributed by atoms with van der Waals surface area (Å²) in [7, 11) is 0. The van der Waals surface area contributed by atoms with E-state index in [9.17, 15) is 14.0 Å². The number of primary amides is 1. The summed E-state index contributed by atoms with van der Waals surface area (Å²) in [5, 5.41) is 0. The topological polar surface area (TPSA) is 72.6 Å². The van der Waals surface area contributed by atoms with Gasteiger partial charge < -0.3 is 15.4 Å². The summed E-state index contributed by atoms with van der Waals surface area (Å²) < 4.78 is 19.5. The molecule has 5 nitrogen and oxygen atoms in total. The maximum atomic E-state index is 13.6. The molecule has 6 heteroatoms. The number of amides is 2. The zero-order chi connectivity index (χ0) is 22.6. The second kappa shape index (κ2) is 9.32. The van der Waals surface area contributed by atoms with Crippen molar-refractivity contribution in [3.05, 3.63) is 95.8 Å². The Bertz CT molecular complexity index is 1120. The van der Waals surface area contributed by atoms with Gasteiger partial charge in [-0.05, 0) is 34.4 Å². The first-order valence-electron chi connectivity index (χ1n) is 10.6. The summed E-state index contributed by atoms with van der Waals surface area (Å²) in [5.74, 6) is -0.991. The molecule has 0 aliphatic carbocycles. The minimum Gasteiger partial charge on any atom is -0.367 e. The molecule has 4 rings (SSSR count). The van der Waals surface area contributed by atoms with Crippen LogP contribution in [0.5, 0.6) is 0 Å². The average molecular weight is 432 g/mol. The molecule has 0 radical (unpaired) electrons. The molecule has 1 fully saturated rings. The van der Waals surface area contributed by atoms with E-state index in [-0.39, 0.29) is 37.7 Å². The van der Waals surface area contributed by atoms with Gasteiger partial charge in [-0.3, -0.25) is 9.59 Å². The van der Waals surface area contributed by atoms with Gasteiger partial charge in [0.25, 0.3) is 5.91 Å². The second-order valence-corrected chi connectivity index (χ2v) is 8.07. The number of benzene rings is 3. The first-order valence-corrected chi connectivity index (χ1v) is 10.6. The van der Waals surface area contributed by atoms with E-state index < -0.39 is 11.5 Å². The standard InChI is InChI=1S/C26H25FN2O3/c27-23-11-5-10-22(16-23)21-9-4-8-20(14-21)17-26(25(28)31)18-29(12-13-32-26)24(30)15-19-6-2-1-3-7-19/h1-11,14,16H,12-13,15,17-18H2,(H2,28,31). The van der Waals surface area contributed by atoms with Gasteiger partial charge in [-0.25, -0.2) is 4.39 Å². The third kappa shape index (κ3) is 4.86. The molecule has 2 N–H and O–H groups in total. The molecule has 1 heterocycles. The van der Waals surface area contributed by atoms with Crippen molar-refractivity contribution in [3.63, 3.8) is 0 Å². The van der Waals surface area contributed by atoms with Crippen molar-refractivity contribution in [2.24, 2.45) is 5.73 Å². The summed E-state index contributed by atoms with van der Waals surface area (Å²) in [6.45, 7) is 0.731. The van der Waals surface area contributed by atoms with Crippen LogP contribution in [-0.4, -0.2) is 42.0 Å². The Morgan fingerprint density at radius 3 is 2.34 bits per heavy atom. The summed E-state index contributed by atoms with van der Waals surface area (Å²) in [6.07, 6.45) is 0.478. The van der Waals surface area contributed by atoms with Gasteiger partial charge in [-0.2, -0.15) is 0 Å². The van der Waals surface area contributed by atoms with Crippen LogP contribution in [0.2, 0.25) is 0 Å². The Balaban J connectivity index is 1.54. The number of halogens is 1. The van der Waals surface area contributed by atoms with Crippen molar-refractivity contribution in [1.82, 2.24) is 4.90 Å². The number of nitrogens with zero attached hydrogens (tertiary/aromatic N) is 1. The van der Waals surface area contributed by atoms with Crippen LogP contribution in [0.25, 0.3) is 11.1 Å². The van der Waals surface area contributed by atoms with Gasteiger partial charge in [0.15, 0.2) is 5.60 Å². The summed E-state index contributed by atoms with van der Waals surface area (Å²) >= 11 is 0. The van der Waals surface area contributed by atoms with Crippen LogP contribution in [0, 0.1) is 5.82 Å². The maximum absolute atomic E-state index is 13.6. The zero-order valence-corrected chi connectivity index (χ0v) is 17.7. The van der Waals surface area contributed by atoms with Crippen LogP contribution >= 0.6 is 0 Å². The fourth-order valence-corrected chi connectivity index (χ4v) is 4.08. The molecule has 164 valence electrons. The maximum Gasteiger partial charge on any atom is 0.251 e. The lowest BCUT2D eigenvalue weighted by Gasteiger charge is -2.41. The fourth-order valence-electron chi connectivity index (χ4n) is 4.08. The molecule has 2 amide bonds. The third-order valence-electron chi connectivity index (χ3n) is 5.76. The van der Waals surface area contributed by atoms with Crippen LogP contribution in [0.1, 0.15) is 11.1 Å². The highest BCUT2D eigenvalue weighted by Crippen LogP contribution is 2.27. The molecule has 1 saturated heterocycles. The predicted octanol–water partition coefficient (Wildman–Crippen LogP) is 3.36. The summed E-state index contributed by atoms with van der Waals surface area (Å²) in [4.78, 5) is 27.1. The molecule has 3 aromatic rings. The van der Waals surface area contributed by atoms with E-state index >= 15 is 0 Å². The van der Waals surface area contributed by atoms with E-state index in [1.54, 1.807) is 11.0 Å². The molecule has 3 aromatic carbocycles. The number of carbonyl (C=O) groups is 2. The van der Waals surface area contributed by atoms with Crippen molar-refractivity contribution in [2.45, 2.75) is 18.4 Å². The SMILES string of the molecule is NC(=O)C1(Cc2cccc(-c3cccc(F)c3)c2)CN(C(=O)Cc2ccccc2)CCO1. The molecular weight excluding hydrogens is 407 g/mol. The lowest BCUT2D eigenvalue weighted by Crippen LogP contribution is -2.61. The molecule has 0 spiro atoms. The van der Waals surface area contributed by atoms with E-state index in [4.69, 9.17) is 10.5 Å². The Morgan fingerprint density at radius 1 is 0.938 bits per heavy atom. The predicted molar refractivity (Wildman–Crippen MR) is 120 cm³/mol. The number of carbonyl (C=O) groups excluding carboxylic acids is 2. The molecule has 1 atom stereocenters. The second-order valence-electron chi connectivity index (χ2n) is 8.07. The van der Waals surface area contributed by atoms with E-state index in [2.05, 4.69) is 0 Å². The van der Waals surface area contributed by atoms with Gasteiger partial charge in [0, 0.05) is 13.0 Å². The van der Waals surface area contributed by atoms with E-state index in [1.807, 2.05) is 60.7 Å². The molecule has 32 heavy (non-hydrogen) atoms. The van der Waals surface area contributed by atoms with Gasteiger partial charge in [-0.15, -0.1) is 0 Å². The Morgan fingerprint density at radius 2 is 1.62 bits per heavy atom. The number of hydrogen-bond acceptors (Lipinski definition) is 3. The number of ether oxygens (including phenoxy) is 1. The summed E-state index contributed by atoms with van der Waals surface area (Å²) in [5.41, 5.74) is 7.77. The van der Waals surface area contributed by atoms with Crippen molar-refractivity contribution in [1.29, 1.82) is 0 Å². The lowest BCUT2D eigenvalue weighted by molar-refractivity contribution is -0.163. The van der Waals surface area contributed by atoms with Crippen LogP contribution < -0.4 is 5.73 Å². The Labute approximate surface area is 186 Å². The third-order valence-corrected chi connectivity index (χ3v) is 5.76. The average Bonchev–Trinajstić information content (AvgIpc) is 2.80. The Hall–Kier alpha value is -3.51. The molecule has 1 unspecified atom stereocenters. The zero-order valence-electron chi connectivity index (χ0n) is 17.7. The van der Waals surface area contributed by atoms with Gasteiger partial charge in [0.05, 0.1) is 19.6 Å². The molecule has 0 aromatic heterocycles. The van der Waals surface area contributed by atoms with Crippen LogP contribution in [0.15, 0.2) is 78.9 Å². The van der Waals surface area contributed by atoms with Gasteiger partial charge in [0.1, 0.15) is 5.82 Å². The normalized spacial score (nSPS) is 18.3. The van der Waals surface area contributed by atoms with Crippen molar-refractivity contribution >= 4 is 11.8 Å². The first kappa shape index (κ1) is 21.7. The fraction of sp³-hybridized carbons (Fsp3) is 0.231. The largest absolute Gasteiger partial charge is 0.367 e. The quantitative estimate of drug-likeness (QED) is 0.649. The molecular formula is C26H25FN2O3. The monoisotopic (exact) mass is 432 g/mol. The number of morpholine rings is 1. The van der Waals surface area contributed by atoms with Crippen LogP contribution in [-0.2, 0) is 27.2 Å². The highest BCUT2D eigenvalue weighted by Gasteiger charge is 2.43. The molecule has 1 aliphatic heterocycles. The first-order chi connectivity index (χ1) is 15.4. The smallest absolute Gasteiger partial charge is 0.251 e. The minimum atomic E-state index is -1.31. The van der Waals surface area contributed by atoms with Gasteiger partial charge >= 0.3 is 0 Å². The van der Waals surface area contributed by atoms with E-state index in [0.29, 0.717) is 6.54 Å². The van der Waals surface area contributed by atoms with E-state index in [0.717, 1.165) is 22.3 Å². The van der Waals surface area contributed by atoms with Crippen molar-refractivity contribution in [3.8, 4) is 11.1 Å². The van der Waals surface area contributed by atoms with Gasteiger partial charge in [-0.1, -0.05) is 66.7 Å². The van der Waals surface area contributed by atoms with Crippen LogP contribution in [0.4, 0.5) is 4.39 Å². The van der Waals surface area contributed by atoms with Crippen molar-refractivity contribution < 1.29 is 18.7 Å².